The summed E-state index contributed by atoms with van der Waals surface area (Å²) in [7, 11) is 0. The fraction of sp³-hybridized carbons (Fsp3) is 0.400. The number of rotatable bonds is 4. The summed E-state index contributed by atoms with van der Waals surface area (Å²) in [5.41, 5.74) is 0.794. The molecule has 0 bridgehead atoms. The summed E-state index contributed by atoms with van der Waals surface area (Å²) in [6.45, 7) is 3.42. The van der Waals surface area contributed by atoms with Crippen molar-refractivity contribution in [3.8, 4) is 5.75 Å². The van der Waals surface area contributed by atoms with Crippen molar-refractivity contribution in [3.05, 3.63) is 33.9 Å². The highest BCUT2D eigenvalue weighted by molar-refractivity contribution is 5.48. The van der Waals surface area contributed by atoms with Crippen molar-refractivity contribution in [2.75, 3.05) is 6.61 Å². The van der Waals surface area contributed by atoms with E-state index in [0.29, 0.717) is 0 Å². The van der Waals surface area contributed by atoms with Gasteiger partial charge in [0.05, 0.1) is 11.0 Å². The zero-order chi connectivity index (χ0) is 11.4. The molecule has 0 aliphatic heterocycles. The minimum atomic E-state index is -0.648. The van der Waals surface area contributed by atoms with Gasteiger partial charge in [0.1, 0.15) is 6.61 Å². The van der Waals surface area contributed by atoms with Gasteiger partial charge in [0.25, 0.3) is 0 Å². The van der Waals surface area contributed by atoms with E-state index in [4.69, 9.17) is 9.84 Å². The van der Waals surface area contributed by atoms with Gasteiger partial charge >= 0.3 is 5.69 Å². The zero-order valence-corrected chi connectivity index (χ0v) is 8.64. The Morgan fingerprint density at radius 1 is 1.60 bits per heavy atom. The third kappa shape index (κ3) is 3.21. The average Bonchev–Trinajstić information content (AvgIpc) is 2.14. The van der Waals surface area contributed by atoms with E-state index >= 15 is 0 Å². The molecule has 0 aromatic heterocycles. The van der Waals surface area contributed by atoms with E-state index in [0.717, 1.165) is 5.56 Å². The van der Waals surface area contributed by atoms with Crippen LogP contribution in [0.5, 0.6) is 5.75 Å². The molecule has 0 amide bonds. The quantitative estimate of drug-likeness (QED) is 0.607. The second-order valence-electron chi connectivity index (χ2n) is 3.39. The Morgan fingerprint density at radius 2 is 2.27 bits per heavy atom. The van der Waals surface area contributed by atoms with Crippen LogP contribution < -0.4 is 4.74 Å². The number of aryl methyl sites for hydroxylation is 1. The van der Waals surface area contributed by atoms with Gasteiger partial charge in [-0.05, 0) is 25.5 Å². The van der Waals surface area contributed by atoms with Gasteiger partial charge < -0.3 is 9.84 Å². The molecule has 82 valence electrons. The molecule has 5 nitrogen and oxygen atoms in total. The molecule has 0 aliphatic rings. The van der Waals surface area contributed by atoms with E-state index < -0.39 is 11.0 Å². The number of benzene rings is 1. The first-order valence-electron chi connectivity index (χ1n) is 4.56. The molecule has 0 aliphatic carbocycles. The average molecular weight is 211 g/mol. The van der Waals surface area contributed by atoms with E-state index in [9.17, 15) is 10.1 Å². The van der Waals surface area contributed by atoms with Crippen molar-refractivity contribution in [1.82, 2.24) is 0 Å². The molecule has 1 aromatic rings. The highest BCUT2D eigenvalue weighted by Crippen LogP contribution is 2.27. The lowest BCUT2D eigenvalue weighted by atomic mass is 10.2. The molecule has 5 heteroatoms. The summed E-state index contributed by atoms with van der Waals surface area (Å²) >= 11 is 0. The van der Waals surface area contributed by atoms with Gasteiger partial charge in [0.15, 0.2) is 5.75 Å². The van der Waals surface area contributed by atoms with Crippen LogP contribution in [0.2, 0.25) is 0 Å². The number of aliphatic hydroxyl groups is 1. The van der Waals surface area contributed by atoms with Crippen LogP contribution in [-0.2, 0) is 0 Å². The lowest BCUT2D eigenvalue weighted by Gasteiger charge is -2.08. The minimum absolute atomic E-state index is 0.0459. The molecule has 0 saturated carbocycles. The predicted octanol–water partition coefficient (Wildman–Crippen LogP) is 1.66. The van der Waals surface area contributed by atoms with Gasteiger partial charge in [0.2, 0.25) is 0 Å². The Balaban J connectivity index is 2.92. The summed E-state index contributed by atoms with van der Waals surface area (Å²) in [4.78, 5) is 10.1. The molecule has 0 spiro atoms. The molecule has 1 N–H and O–H groups in total. The van der Waals surface area contributed by atoms with E-state index in [1.165, 1.54) is 6.07 Å². The normalized spacial score (nSPS) is 12.2. The Labute approximate surface area is 87.5 Å². The molecule has 15 heavy (non-hydrogen) atoms. The number of nitro benzene ring substituents is 1. The first kappa shape index (κ1) is 11.5. The molecule has 0 heterocycles. The molecule has 0 unspecified atom stereocenters. The summed E-state index contributed by atoms with van der Waals surface area (Å²) in [5, 5.41) is 19.7. The zero-order valence-electron chi connectivity index (χ0n) is 8.64. The standard InChI is InChI=1S/C10H13NO4/c1-7-3-4-9(11(13)14)10(5-7)15-6-8(2)12/h3-5,8,12H,6H2,1-2H3/t8-/m0/s1. The smallest absolute Gasteiger partial charge is 0.310 e. The van der Waals surface area contributed by atoms with Crippen LogP contribution in [0.15, 0.2) is 18.2 Å². The van der Waals surface area contributed by atoms with Gasteiger partial charge in [-0.1, -0.05) is 6.07 Å². The van der Waals surface area contributed by atoms with Crippen LogP contribution in [0, 0.1) is 17.0 Å². The van der Waals surface area contributed by atoms with Gasteiger partial charge in [-0.2, -0.15) is 0 Å². The van der Waals surface area contributed by atoms with Crippen LogP contribution in [0.4, 0.5) is 5.69 Å². The maximum absolute atomic E-state index is 10.6. The van der Waals surface area contributed by atoms with Crippen molar-refractivity contribution in [3.63, 3.8) is 0 Å². The molecule has 0 fully saturated rings. The van der Waals surface area contributed by atoms with Crippen LogP contribution in [0.25, 0.3) is 0 Å². The number of hydrogen-bond acceptors (Lipinski definition) is 4. The number of ether oxygens (including phenoxy) is 1. The van der Waals surface area contributed by atoms with E-state index in [1.54, 1.807) is 19.1 Å². The maximum atomic E-state index is 10.6. The van der Waals surface area contributed by atoms with Crippen molar-refractivity contribution in [2.45, 2.75) is 20.0 Å². The Hall–Kier alpha value is -1.62. The van der Waals surface area contributed by atoms with Crippen LogP contribution in [0.3, 0.4) is 0 Å². The van der Waals surface area contributed by atoms with Crippen molar-refractivity contribution < 1.29 is 14.8 Å². The fourth-order valence-corrected chi connectivity index (χ4v) is 1.10. The number of nitrogens with zero attached hydrogens (tertiary/aromatic N) is 1. The summed E-state index contributed by atoms with van der Waals surface area (Å²) in [5.74, 6) is 0.195. The second kappa shape index (κ2) is 4.75. The van der Waals surface area contributed by atoms with Gasteiger partial charge in [0, 0.05) is 6.07 Å². The van der Waals surface area contributed by atoms with E-state index in [-0.39, 0.29) is 18.0 Å². The molecule has 1 atom stereocenters. The van der Waals surface area contributed by atoms with Crippen LogP contribution >= 0.6 is 0 Å². The second-order valence-corrected chi connectivity index (χ2v) is 3.39. The third-order valence-corrected chi connectivity index (χ3v) is 1.79. The predicted molar refractivity (Wildman–Crippen MR) is 55.0 cm³/mol. The molecule has 1 rings (SSSR count). The molecule has 0 radical (unpaired) electrons. The largest absolute Gasteiger partial charge is 0.484 e. The molecule has 1 aromatic carbocycles. The number of hydrogen-bond donors (Lipinski definition) is 1. The Morgan fingerprint density at radius 3 is 2.80 bits per heavy atom. The van der Waals surface area contributed by atoms with Gasteiger partial charge in [-0.3, -0.25) is 10.1 Å². The lowest BCUT2D eigenvalue weighted by molar-refractivity contribution is -0.385. The Kier molecular flexibility index (Phi) is 3.62. The number of nitro groups is 1. The number of aliphatic hydroxyl groups excluding tert-OH is 1. The minimum Gasteiger partial charge on any atom is -0.484 e. The van der Waals surface area contributed by atoms with E-state index in [1.807, 2.05) is 6.92 Å². The van der Waals surface area contributed by atoms with Gasteiger partial charge in [-0.15, -0.1) is 0 Å². The highest BCUT2D eigenvalue weighted by Gasteiger charge is 2.15. The van der Waals surface area contributed by atoms with Crippen LogP contribution in [0.1, 0.15) is 12.5 Å². The first-order valence-corrected chi connectivity index (χ1v) is 4.56. The SMILES string of the molecule is Cc1ccc([N+](=O)[O-])c(OC[C@H](C)O)c1. The maximum Gasteiger partial charge on any atom is 0.310 e. The summed E-state index contributed by atoms with van der Waals surface area (Å²) in [6.07, 6.45) is -0.648. The van der Waals surface area contributed by atoms with Gasteiger partial charge in [-0.25, -0.2) is 0 Å². The Bertz CT molecular complexity index is 362. The molecule has 0 saturated heterocycles. The molecular weight excluding hydrogens is 198 g/mol. The van der Waals surface area contributed by atoms with E-state index in [2.05, 4.69) is 0 Å². The first-order chi connectivity index (χ1) is 7.00. The topological polar surface area (TPSA) is 72.6 Å². The fourth-order valence-electron chi connectivity index (χ4n) is 1.10. The summed E-state index contributed by atoms with van der Waals surface area (Å²) < 4.78 is 5.15. The third-order valence-electron chi connectivity index (χ3n) is 1.79. The van der Waals surface area contributed by atoms with Crippen LogP contribution in [-0.4, -0.2) is 22.7 Å². The highest BCUT2D eigenvalue weighted by atomic mass is 16.6. The monoisotopic (exact) mass is 211 g/mol. The van der Waals surface area contributed by atoms with Crippen molar-refractivity contribution >= 4 is 5.69 Å². The van der Waals surface area contributed by atoms with Crippen molar-refractivity contribution in [1.29, 1.82) is 0 Å². The van der Waals surface area contributed by atoms with Crippen molar-refractivity contribution in [2.24, 2.45) is 0 Å². The molecular formula is C10H13NO4. The lowest BCUT2D eigenvalue weighted by Crippen LogP contribution is -2.13. The summed E-state index contributed by atoms with van der Waals surface area (Å²) in [6, 6.07) is 4.63.